The second-order valence-electron chi connectivity index (χ2n) is 5.81. The topological polar surface area (TPSA) is 34.2 Å². The summed E-state index contributed by atoms with van der Waals surface area (Å²) in [5.74, 6) is 0. The van der Waals surface area contributed by atoms with Crippen molar-refractivity contribution in [1.29, 1.82) is 0 Å². The standard InChI is InChI=1S/C15H24N2OS/c1-2-4-6-14(5-3-1)18-10-13-11-19-15(17-13)9-16-12-7-8-12/h11-12,14,16H,1-10H2. The molecular formula is C15H24N2OS. The molecule has 0 spiro atoms. The number of rotatable bonds is 6. The average molecular weight is 280 g/mol. The highest BCUT2D eigenvalue weighted by Crippen LogP contribution is 2.22. The first-order chi connectivity index (χ1) is 9.40. The smallest absolute Gasteiger partial charge is 0.107 e. The molecule has 0 bridgehead atoms. The van der Waals surface area contributed by atoms with Crippen LogP contribution in [0.1, 0.15) is 62.1 Å². The van der Waals surface area contributed by atoms with E-state index in [1.165, 1.54) is 56.4 Å². The number of aromatic nitrogens is 1. The van der Waals surface area contributed by atoms with E-state index < -0.39 is 0 Å². The summed E-state index contributed by atoms with van der Waals surface area (Å²) in [5, 5.41) is 6.86. The van der Waals surface area contributed by atoms with Crippen LogP contribution in [-0.4, -0.2) is 17.1 Å². The van der Waals surface area contributed by atoms with Crippen LogP contribution in [0.4, 0.5) is 0 Å². The van der Waals surface area contributed by atoms with E-state index in [4.69, 9.17) is 4.74 Å². The summed E-state index contributed by atoms with van der Waals surface area (Å²) < 4.78 is 6.02. The molecule has 1 aromatic heterocycles. The predicted molar refractivity (Wildman–Crippen MR) is 78.3 cm³/mol. The quantitative estimate of drug-likeness (QED) is 0.808. The highest BCUT2D eigenvalue weighted by atomic mass is 32.1. The maximum Gasteiger partial charge on any atom is 0.107 e. The molecule has 0 aromatic carbocycles. The third-order valence-electron chi connectivity index (χ3n) is 3.99. The first-order valence-corrected chi connectivity index (χ1v) is 8.56. The van der Waals surface area contributed by atoms with E-state index in [9.17, 15) is 0 Å². The van der Waals surface area contributed by atoms with Gasteiger partial charge in [0.15, 0.2) is 0 Å². The highest BCUT2D eigenvalue weighted by molar-refractivity contribution is 7.09. The Labute approximate surface area is 119 Å². The number of hydrogen-bond acceptors (Lipinski definition) is 4. The highest BCUT2D eigenvalue weighted by Gasteiger charge is 2.20. The Morgan fingerprint density at radius 1 is 1.16 bits per heavy atom. The molecule has 2 aliphatic carbocycles. The molecular weight excluding hydrogens is 256 g/mol. The average Bonchev–Trinajstić information content (AvgIpc) is 3.20. The third-order valence-corrected chi connectivity index (χ3v) is 4.89. The van der Waals surface area contributed by atoms with Crippen molar-refractivity contribution in [1.82, 2.24) is 10.3 Å². The van der Waals surface area contributed by atoms with Crippen LogP contribution in [0, 0.1) is 0 Å². The third kappa shape index (κ3) is 4.55. The zero-order valence-electron chi connectivity index (χ0n) is 11.6. The maximum absolute atomic E-state index is 6.02. The van der Waals surface area contributed by atoms with Gasteiger partial charge in [-0.1, -0.05) is 25.7 Å². The first kappa shape index (κ1) is 13.5. The van der Waals surface area contributed by atoms with Crippen LogP contribution < -0.4 is 5.32 Å². The summed E-state index contributed by atoms with van der Waals surface area (Å²) in [6.07, 6.45) is 11.0. The first-order valence-electron chi connectivity index (χ1n) is 7.68. The second-order valence-corrected chi connectivity index (χ2v) is 6.75. The van der Waals surface area contributed by atoms with Crippen molar-refractivity contribution < 1.29 is 4.74 Å². The fraction of sp³-hybridized carbons (Fsp3) is 0.800. The number of nitrogens with zero attached hydrogens (tertiary/aromatic N) is 1. The van der Waals surface area contributed by atoms with Crippen LogP contribution in [0.15, 0.2) is 5.38 Å². The van der Waals surface area contributed by atoms with Crippen LogP contribution in [0.25, 0.3) is 0 Å². The summed E-state index contributed by atoms with van der Waals surface area (Å²) in [4.78, 5) is 4.65. The van der Waals surface area contributed by atoms with Crippen molar-refractivity contribution >= 4 is 11.3 Å². The molecule has 0 amide bonds. The van der Waals surface area contributed by atoms with Gasteiger partial charge in [0.05, 0.1) is 18.4 Å². The van der Waals surface area contributed by atoms with Crippen molar-refractivity contribution in [2.45, 2.75) is 76.7 Å². The lowest BCUT2D eigenvalue weighted by Gasteiger charge is -2.14. The van der Waals surface area contributed by atoms with Gasteiger partial charge in [-0.15, -0.1) is 11.3 Å². The van der Waals surface area contributed by atoms with Gasteiger partial charge in [0.1, 0.15) is 5.01 Å². The van der Waals surface area contributed by atoms with Crippen LogP contribution in [0.5, 0.6) is 0 Å². The molecule has 2 fully saturated rings. The molecule has 3 nitrogen and oxygen atoms in total. The van der Waals surface area contributed by atoms with Gasteiger partial charge >= 0.3 is 0 Å². The minimum atomic E-state index is 0.470. The minimum absolute atomic E-state index is 0.470. The van der Waals surface area contributed by atoms with E-state index in [1.807, 2.05) is 0 Å². The number of hydrogen-bond donors (Lipinski definition) is 1. The molecule has 1 N–H and O–H groups in total. The van der Waals surface area contributed by atoms with E-state index in [1.54, 1.807) is 11.3 Å². The summed E-state index contributed by atoms with van der Waals surface area (Å²) >= 11 is 1.76. The van der Waals surface area contributed by atoms with Crippen LogP contribution in [0.2, 0.25) is 0 Å². The van der Waals surface area contributed by atoms with E-state index >= 15 is 0 Å². The lowest BCUT2D eigenvalue weighted by Crippen LogP contribution is -2.15. The van der Waals surface area contributed by atoms with Crippen LogP contribution in [-0.2, 0) is 17.9 Å². The number of thiazole rings is 1. The van der Waals surface area contributed by atoms with Gasteiger partial charge in [-0.25, -0.2) is 4.98 Å². The van der Waals surface area contributed by atoms with E-state index in [-0.39, 0.29) is 0 Å². The Kier molecular flexibility index (Phi) is 4.86. The Bertz CT molecular complexity index is 381. The van der Waals surface area contributed by atoms with E-state index in [2.05, 4.69) is 15.7 Å². The molecule has 2 saturated carbocycles. The van der Waals surface area contributed by atoms with Gasteiger partial charge in [0.2, 0.25) is 0 Å². The van der Waals surface area contributed by atoms with Crippen molar-refractivity contribution in [3.05, 3.63) is 16.1 Å². The maximum atomic E-state index is 6.02. The van der Waals surface area contributed by atoms with Crippen molar-refractivity contribution in [3.8, 4) is 0 Å². The van der Waals surface area contributed by atoms with Gasteiger partial charge in [-0.3, -0.25) is 0 Å². The molecule has 0 unspecified atom stereocenters. The fourth-order valence-corrected chi connectivity index (χ4v) is 3.36. The van der Waals surface area contributed by atoms with Gasteiger partial charge < -0.3 is 10.1 Å². The Morgan fingerprint density at radius 2 is 1.95 bits per heavy atom. The molecule has 1 aromatic rings. The molecule has 106 valence electrons. The van der Waals surface area contributed by atoms with Crippen molar-refractivity contribution in [2.24, 2.45) is 0 Å². The van der Waals surface area contributed by atoms with Gasteiger partial charge in [-0.2, -0.15) is 0 Å². The van der Waals surface area contributed by atoms with Crippen molar-refractivity contribution in [3.63, 3.8) is 0 Å². The fourth-order valence-electron chi connectivity index (χ4n) is 2.63. The molecule has 0 saturated heterocycles. The molecule has 1 heterocycles. The normalized spacial score (nSPS) is 21.5. The lowest BCUT2D eigenvalue weighted by molar-refractivity contribution is 0.0294. The Hall–Kier alpha value is -0.450. The van der Waals surface area contributed by atoms with Gasteiger partial charge in [-0.05, 0) is 25.7 Å². The summed E-state index contributed by atoms with van der Waals surface area (Å²) in [5.41, 5.74) is 1.11. The molecule has 0 atom stereocenters. The zero-order chi connectivity index (χ0) is 12.9. The molecule has 0 aliphatic heterocycles. The summed E-state index contributed by atoms with van der Waals surface area (Å²) in [6.45, 7) is 1.63. The van der Waals surface area contributed by atoms with E-state index in [0.717, 1.165) is 18.3 Å². The Morgan fingerprint density at radius 3 is 2.68 bits per heavy atom. The molecule has 4 heteroatoms. The molecule has 19 heavy (non-hydrogen) atoms. The van der Waals surface area contributed by atoms with Crippen LogP contribution >= 0.6 is 11.3 Å². The zero-order valence-corrected chi connectivity index (χ0v) is 12.4. The second kappa shape index (κ2) is 6.82. The van der Waals surface area contributed by atoms with Crippen LogP contribution in [0.3, 0.4) is 0 Å². The predicted octanol–water partition coefficient (Wildman–Crippen LogP) is 3.63. The monoisotopic (exact) mass is 280 g/mol. The number of nitrogens with one attached hydrogen (secondary N) is 1. The minimum Gasteiger partial charge on any atom is -0.372 e. The Balaban J connectivity index is 1.41. The van der Waals surface area contributed by atoms with Crippen molar-refractivity contribution in [2.75, 3.05) is 0 Å². The summed E-state index contributed by atoms with van der Waals surface area (Å²) in [7, 11) is 0. The number of ether oxygens (including phenoxy) is 1. The molecule has 0 radical (unpaired) electrons. The summed E-state index contributed by atoms with van der Waals surface area (Å²) in [6, 6.07) is 0.759. The molecule has 2 aliphatic rings. The lowest BCUT2D eigenvalue weighted by atomic mass is 10.1. The largest absolute Gasteiger partial charge is 0.372 e. The van der Waals surface area contributed by atoms with Gasteiger partial charge in [0, 0.05) is 18.0 Å². The SMILES string of the molecule is c1sc(CNC2CC2)nc1COC1CCCCCC1. The molecule has 3 rings (SSSR count). The van der Waals surface area contributed by atoms with Gasteiger partial charge in [0.25, 0.3) is 0 Å². The van der Waals surface area contributed by atoms with E-state index in [0.29, 0.717) is 12.7 Å².